The van der Waals surface area contributed by atoms with Gasteiger partial charge in [-0.25, -0.2) is 0 Å². The number of hydrogen-bond donors (Lipinski definition) is 2. The lowest BCUT2D eigenvalue weighted by molar-refractivity contribution is 0.569. The summed E-state index contributed by atoms with van der Waals surface area (Å²) in [6, 6.07) is 1.94. The van der Waals surface area contributed by atoms with Gasteiger partial charge in [-0.2, -0.15) is 5.10 Å². The fraction of sp³-hybridized carbons (Fsp3) is 0.647. The first-order valence-electron chi connectivity index (χ1n) is 9.19. The molecule has 3 rings (SSSR count). The van der Waals surface area contributed by atoms with E-state index in [9.17, 15) is 0 Å². The van der Waals surface area contributed by atoms with E-state index >= 15 is 0 Å². The Balaban J connectivity index is 1.37. The molecule has 0 aliphatic carbocycles. The Morgan fingerprint density at radius 1 is 1.20 bits per heavy atom. The topological polar surface area (TPSA) is 84.9 Å². The summed E-state index contributed by atoms with van der Waals surface area (Å²) in [7, 11) is 1.80. The summed E-state index contributed by atoms with van der Waals surface area (Å²) >= 11 is 0. The highest BCUT2D eigenvalue weighted by Gasteiger charge is 2.14. The first kappa shape index (κ1) is 17.4. The minimum absolute atomic E-state index is 0.803. The Morgan fingerprint density at radius 3 is 2.96 bits per heavy atom. The zero-order chi connectivity index (χ0) is 17.3. The van der Waals surface area contributed by atoms with Gasteiger partial charge in [0.25, 0.3) is 0 Å². The van der Waals surface area contributed by atoms with Crippen LogP contribution in [0.4, 0.5) is 0 Å². The van der Waals surface area contributed by atoms with E-state index in [4.69, 9.17) is 0 Å². The van der Waals surface area contributed by atoms with Crippen molar-refractivity contribution in [3.63, 3.8) is 0 Å². The molecule has 1 aliphatic heterocycles. The largest absolute Gasteiger partial charge is 0.356 e. The van der Waals surface area contributed by atoms with Gasteiger partial charge in [0.15, 0.2) is 5.96 Å². The molecule has 0 spiro atoms. The monoisotopic (exact) mass is 344 g/mol. The summed E-state index contributed by atoms with van der Waals surface area (Å²) in [6.45, 7) is 3.62. The van der Waals surface area contributed by atoms with E-state index in [0.717, 1.165) is 63.0 Å². The molecule has 1 aliphatic rings. The third-order valence-electron chi connectivity index (χ3n) is 4.47. The third-order valence-corrected chi connectivity index (χ3v) is 4.47. The molecule has 2 aromatic heterocycles. The quantitative estimate of drug-likeness (QED) is 0.445. The molecule has 0 unspecified atom stereocenters. The summed E-state index contributed by atoms with van der Waals surface area (Å²) < 4.78 is 4.24. The molecule has 8 heteroatoms. The van der Waals surface area contributed by atoms with Gasteiger partial charge in [-0.15, -0.1) is 10.2 Å². The van der Waals surface area contributed by atoms with Crippen LogP contribution in [-0.4, -0.2) is 50.6 Å². The number of aromatic nitrogens is 5. The van der Waals surface area contributed by atoms with Crippen molar-refractivity contribution in [3.8, 4) is 0 Å². The van der Waals surface area contributed by atoms with Crippen LogP contribution < -0.4 is 10.6 Å². The second-order valence-electron chi connectivity index (χ2n) is 6.29. The van der Waals surface area contributed by atoms with Crippen molar-refractivity contribution in [3.05, 3.63) is 30.1 Å². The normalized spacial score (nSPS) is 14.8. The number of aliphatic imine (C=N–C) groups is 1. The van der Waals surface area contributed by atoms with Crippen molar-refractivity contribution in [2.45, 2.75) is 51.6 Å². The number of hydrogen-bond acceptors (Lipinski definition) is 4. The van der Waals surface area contributed by atoms with E-state index in [1.807, 2.05) is 16.9 Å². The number of guanidine groups is 1. The highest BCUT2D eigenvalue weighted by Crippen LogP contribution is 2.14. The van der Waals surface area contributed by atoms with Gasteiger partial charge in [0.1, 0.15) is 11.6 Å². The van der Waals surface area contributed by atoms with Crippen molar-refractivity contribution in [1.82, 2.24) is 35.2 Å². The van der Waals surface area contributed by atoms with Crippen LogP contribution in [0.25, 0.3) is 0 Å². The van der Waals surface area contributed by atoms with Crippen molar-refractivity contribution in [1.29, 1.82) is 0 Å². The zero-order valence-electron chi connectivity index (χ0n) is 15.0. The summed E-state index contributed by atoms with van der Waals surface area (Å²) in [5.41, 5.74) is 0. The molecule has 0 fully saturated rings. The van der Waals surface area contributed by atoms with Gasteiger partial charge >= 0.3 is 0 Å². The average molecular weight is 344 g/mol. The molecule has 0 atom stereocenters. The molecule has 2 N–H and O–H groups in total. The Morgan fingerprint density at radius 2 is 2.12 bits per heavy atom. The second kappa shape index (κ2) is 9.19. The van der Waals surface area contributed by atoms with E-state index in [1.165, 1.54) is 19.3 Å². The highest BCUT2D eigenvalue weighted by molar-refractivity contribution is 5.79. The summed E-state index contributed by atoms with van der Waals surface area (Å²) in [6.07, 6.45) is 10.4. The molecule has 3 heterocycles. The Hall–Kier alpha value is -2.38. The molecule has 0 aromatic carbocycles. The van der Waals surface area contributed by atoms with E-state index in [2.05, 4.69) is 35.5 Å². The molecular weight excluding hydrogens is 316 g/mol. The van der Waals surface area contributed by atoms with Crippen molar-refractivity contribution in [2.24, 2.45) is 4.99 Å². The first-order chi connectivity index (χ1) is 12.4. The average Bonchev–Trinajstić information content (AvgIpc) is 3.22. The zero-order valence-corrected chi connectivity index (χ0v) is 15.0. The minimum Gasteiger partial charge on any atom is -0.356 e. The molecule has 8 nitrogen and oxygen atoms in total. The van der Waals surface area contributed by atoms with Gasteiger partial charge in [0, 0.05) is 58.5 Å². The number of rotatable bonds is 7. The van der Waals surface area contributed by atoms with Crippen LogP contribution in [0, 0.1) is 0 Å². The molecule has 25 heavy (non-hydrogen) atoms. The molecule has 136 valence electrons. The number of nitrogens with zero attached hydrogens (tertiary/aromatic N) is 6. The third kappa shape index (κ3) is 5.04. The van der Waals surface area contributed by atoms with Crippen LogP contribution in [-0.2, 0) is 25.9 Å². The SMILES string of the molecule is CN=C(NCCCn1cccn1)NCCc1nnc2n1CCCCC2. The standard InChI is InChI=1S/C17H28N8/c1-18-17(19-9-5-12-24-13-6-10-21-24)20-11-8-16-23-22-15-7-3-2-4-14-25(15)16/h6,10,13H,2-5,7-9,11-12,14H2,1H3,(H2,18,19,20). The van der Waals surface area contributed by atoms with Gasteiger partial charge < -0.3 is 15.2 Å². The summed E-state index contributed by atoms with van der Waals surface area (Å²) in [4.78, 5) is 4.27. The lowest BCUT2D eigenvalue weighted by Crippen LogP contribution is -2.39. The molecule has 0 bridgehead atoms. The maximum absolute atomic E-state index is 4.37. The fourth-order valence-electron chi connectivity index (χ4n) is 3.12. The van der Waals surface area contributed by atoms with Gasteiger partial charge in [-0.3, -0.25) is 9.67 Å². The van der Waals surface area contributed by atoms with Crippen LogP contribution in [0.3, 0.4) is 0 Å². The molecule has 0 radical (unpaired) electrons. The molecule has 2 aromatic rings. The number of nitrogens with one attached hydrogen (secondary N) is 2. The Kier molecular flexibility index (Phi) is 6.42. The summed E-state index contributed by atoms with van der Waals surface area (Å²) in [5.74, 6) is 3.06. The van der Waals surface area contributed by atoms with E-state index < -0.39 is 0 Å². The molecule has 0 amide bonds. The van der Waals surface area contributed by atoms with Crippen molar-refractivity contribution in [2.75, 3.05) is 20.1 Å². The lowest BCUT2D eigenvalue weighted by Gasteiger charge is -2.12. The van der Waals surface area contributed by atoms with Gasteiger partial charge in [0.05, 0.1) is 0 Å². The van der Waals surface area contributed by atoms with Crippen molar-refractivity contribution < 1.29 is 0 Å². The first-order valence-corrected chi connectivity index (χ1v) is 9.19. The Labute approximate surface area is 148 Å². The highest BCUT2D eigenvalue weighted by atomic mass is 15.3. The van der Waals surface area contributed by atoms with Gasteiger partial charge in [-0.1, -0.05) is 6.42 Å². The van der Waals surface area contributed by atoms with Crippen LogP contribution >= 0.6 is 0 Å². The van der Waals surface area contributed by atoms with E-state index in [0.29, 0.717) is 0 Å². The van der Waals surface area contributed by atoms with Crippen LogP contribution in [0.2, 0.25) is 0 Å². The minimum atomic E-state index is 0.803. The molecule has 0 saturated carbocycles. The number of aryl methyl sites for hydroxylation is 2. The van der Waals surface area contributed by atoms with Crippen LogP contribution in [0.15, 0.2) is 23.5 Å². The number of fused-ring (bicyclic) bond motifs is 1. The van der Waals surface area contributed by atoms with Crippen LogP contribution in [0.5, 0.6) is 0 Å². The lowest BCUT2D eigenvalue weighted by atomic mass is 10.2. The van der Waals surface area contributed by atoms with Crippen molar-refractivity contribution >= 4 is 5.96 Å². The predicted octanol–water partition coefficient (Wildman–Crippen LogP) is 0.999. The molecular formula is C17H28N8. The molecule has 0 saturated heterocycles. The smallest absolute Gasteiger partial charge is 0.190 e. The maximum Gasteiger partial charge on any atom is 0.190 e. The maximum atomic E-state index is 4.37. The summed E-state index contributed by atoms with van der Waals surface area (Å²) in [5, 5.41) is 19.6. The van der Waals surface area contributed by atoms with Gasteiger partial charge in [0.2, 0.25) is 0 Å². The fourth-order valence-corrected chi connectivity index (χ4v) is 3.12. The van der Waals surface area contributed by atoms with Gasteiger partial charge in [-0.05, 0) is 25.3 Å². The van der Waals surface area contributed by atoms with E-state index in [-0.39, 0.29) is 0 Å². The van der Waals surface area contributed by atoms with Crippen LogP contribution in [0.1, 0.15) is 37.3 Å². The van der Waals surface area contributed by atoms with E-state index in [1.54, 1.807) is 13.2 Å². The second-order valence-corrected chi connectivity index (χ2v) is 6.29. The Bertz CT molecular complexity index is 658. The predicted molar refractivity (Wildman–Crippen MR) is 97.5 cm³/mol.